The number of nitrogens with zero attached hydrogens (tertiary/aromatic N) is 2. The number of hydrogen-bond acceptors (Lipinski definition) is 5. The van der Waals surface area contributed by atoms with Gasteiger partial charge in [0.15, 0.2) is 5.82 Å². The van der Waals surface area contributed by atoms with Crippen LogP contribution in [0.25, 0.3) is 0 Å². The fraction of sp³-hybridized carbons (Fsp3) is 0.167. The molecule has 0 fully saturated rings. The average molecular weight is 431 g/mol. The van der Waals surface area contributed by atoms with Crippen molar-refractivity contribution in [2.45, 2.75) is 12.6 Å². The molecule has 0 unspecified atom stereocenters. The zero-order valence-corrected chi connectivity index (χ0v) is 14.8. The van der Waals surface area contributed by atoms with Crippen LogP contribution >= 0.6 is 0 Å². The Morgan fingerprint density at radius 2 is 1.77 bits per heavy atom. The van der Waals surface area contributed by atoms with Crippen LogP contribution in [0.5, 0.6) is 17.5 Å². The van der Waals surface area contributed by atoms with E-state index in [1.54, 1.807) is 0 Å². The summed E-state index contributed by atoms with van der Waals surface area (Å²) in [7, 11) is 0. The maximum Gasteiger partial charge on any atom is 0.419 e. The van der Waals surface area contributed by atoms with Gasteiger partial charge >= 0.3 is 11.9 Å². The predicted octanol–water partition coefficient (Wildman–Crippen LogP) is 4.01. The number of halogens is 6. The van der Waals surface area contributed by atoms with Gasteiger partial charge in [0.25, 0.3) is 11.8 Å². The van der Waals surface area contributed by atoms with Crippen molar-refractivity contribution >= 4 is 0 Å². The van der Waals surface area contributed by atoms with Crippen LogP contribution in [0, 0.1) is 17.5 Å². The SMILES string of the molecule is O=c1nc(OCCc2cnc(Oc3ccc(F)c(C(F)(F)F)c3)c(F)c2)c(F)c[nH]1. The molecule has 158 valence electrons. The maximum atomic E-state index is 14.2. The van der Waals surface area contributed by atoms with Gasteiger partial charge in [-0.2, -0.15) is 22.5 Å². The van der Waals surface area contributed by atoms with Gasteiger partial charge in [-0.3, -0.25) is 0 Å². The van der Waals surface area contributed by atoms with Gasteiger partial charge in [0.2, 0.25) is 5.82 Å². The van der Waals surface area contributed by atoms with Gasteiger partial charge in [-0.1, -0.05) is 0 Å². The standard InChI is InChI=1S/C18H11F6N3O3/c19-12-2-1-10(6-11(12)18(22,23)24)30-15-13(20)5-9(7-25-15)3-4-29-16-14(21)8-26-17(28)27-16/h1-2,5-8H,3-4H2,(H,26,27,28). The Bertz CT molecular complexity index is 1120. The smallest absolute Gasteiger partial charge is 0.419 e. The van der Waals surface area contributed by atoms with E-state index in [2.05, 4.69) is 9.97 Å². The molecule has 0 spiro atoms. The van der Waals surface area contributed by atoms with Crippen molar-refractivity contribution in [3.63, 3.8) is 0 Å². The second-order valence-corrected chi connectivity index (χ2v) is 5.83. The molecule has 12 heteroatoms. The Hall–Kier alpha value is -3.57. The first-order valence-corrected chi connectivity index (χ1v) is 8.20. The van der Waals surface area contributed by atoms with Gasteiger partial charge in [-0.25, -0.2) is 18.6 Å². The number of benzene rings is 1. The van der Waals surface area contributed by atoms with Crippen LogP contribution in [0.4, 0.5) is 26.3 Å². The number of H-pyrrole nitrogens is 1. The summed E-state index contributed by atoms with van der Waals surface area (Å²) in [6.07, 6.45) is -2.96. The summed E-state index contributed by atoms with van der Waals surface area (Å²) in [5.74, 6) is -4.98. The van der Waals surface area contributed by atoms with E-state index in [-0.39, 0.29) is 13.0 Å². The quantitative estimate of drug-likeness (QED) is 0.597. The molecule has 2 aromatic heterocycles. The molecule has 0 aliphatic rings. The predicted molar refractivity (Wildman–Crippen MR) is 89.7 cm³/mol. The van der Waals surface area contributed by atoms with Crippen molar-refractivity contribution in [2.75, 3.05) is 6.61 Å². The topological polar surface area (TPSA) is 77.1 Å². The van der Waals surface area contributed by atoms with E-state index in [1.807, 2.05) is 4.98 Å². The molecule has 0 bridgehead atoms. The van der Waals surface area contributed by atoms with Crippen molar-refractivity contribution in [3.05, 3.63) is 75.7 Å². The third-order valence-electron chi connectivity index (χ3n) is 3.68. The molecule has 0 amide bonds. The largest absolute Gasteiger partial charge is 0.475 e. The normalized spacial score (nSPS) is 11.4. The number of alkyl halides is 3. The lowest BCUT2D eigenvalue weighted by Gasteiger charge is -2.11. The van der Waals surface area contributed by atoms with E-state index in [0.29, 0.717) is 17.7 Å². The first-order chi connectivity index (χ1) is 14.1. The fourth-order valence-corrected chi connectivity index (χ4v) is 2.31. The van der Waals surface area contributed by atoms with Crippen molar-refractivity contribution in [1.82, 2.24) is 15.0 Å². The molecule has 30 heavy (non-hydrogen) atoms. The zero-order valence-electron chi connectivity index (χ0n) is 14.8. The first kappa shape index (κ1) is 21.1. The second-order valence-electron chi connectivity index (χ2n) is 5.83. The number of ether oxygens (including phenoxy) is 2. The van der Waals surface area contributed by atoms with E-state index in [1.165, 1.54) is 0 Å². The van der Waals surface area contributed by atoms with Gasteiger partial charge < -0.3 is 14.5 Å². The van der Waals surface area contributed by atoms with Crippen molar-refractivity contribution in [3.8, 4) is 17.5 Å². The van der Waals surface area contributed by atoms with Crippen LogP contribution in [0.2, 0.25) is 0 Å². The highest BCUT2D eigenvalue weighted by atomic mass is 19.4. The molecule has 1 N–H and O–H groups in total. The highest BCUT2D eigenvalue weighted by Crippen LogP contribution is 2.34. The van der Waals surface area contributed by atoms with Crippen LogP contribution in [0.3, 0.4) is 0 Å². The lowest BCUT2D eigenvalue weighted by atomic mass is 10.2. The first-order valence-electron chi connectivity index (χ1n) is 8.20. The molecule has 0 aliphatic heterocycles. The second kappa shape index (κ2) is 8.43. The summed E-state index contributed by atoms with van der Waals surface area (Å²) >= 11 is 0. The van der Waals surface area contributed by atoms with Crippen molar-refractivity contribution < 1.29 is 35.8 Å². The van der Waals surface area contributed by atoms with Crippen LogP contribution in [-0.2, 0) is 12.6 Å². The van der Waals surface area contributed by atoms with Gasteiger partial charge in [-0.05, 0) is 29.8 Å². The minimum atomic E-state index is -4.95. The van der Waals surface area contributed by atoms with Crippen LogP contribution in [-0.4, -0.2) is 21.6 Å². The summed E-state index contributed by atoms with van der Waals surface area (Å²) in [5, 5.41) is 0. The molecule has 0 saturated heterocycles. The highest BCUT2D eigenvalue weighted by Gasteiger charge is 2.34. The fourth-order valence-electron chi connectivity index (χ4n) is 2.31. The number of aromatic nitrogens is 3. The van der Waals surface area contributed by atoms with Gasteiger partial charge in [0, 0.05) is 18.8 Å². The van der Waals surface area contributed by atoms with Crippen molar-refractivity contribution in [1.29, 1.82) is 0 Å². The molecule has 0 saturated carbocycles. The summed E-state index contributed by atoms with van der Waals surface area (Å²) in [5.41, 5.74) is -2.08. The molecule has 3 aromatic rings. The molecule has 0 atom stereocenters. The Morgan fingerprint density at radius 1 is 1.00 bits per heavy atom. The average Bonchev–Trinajstić information content (AvgIpc) is 2.67. The number of nitrogens with one attached hydrogen (secondary N) is 1. The highest BCUT2D eigenvalue weighted by molar-refractivity contribution is 5.34. The Labute approximate surface area is 164 Å². The van der Waals surface area contributed by atoms with Gasteiger partial charge in [-0.15, -0.1) is 0 Å². The molecular formula is C18H11F6N3O3. The third kappa shape index (κ3) is 5.07. The third-order valence-corrected chi connectivity index (χ3v) is 3.68. The van der Waals surface area contributed by atoms with Crippen LogP contribution in [0.15, 0.2) is 41.5 Å². The summed E-state index contributed by atoms with van der Waals surface area (Å²) in [6.45, 7) is -0.165. The minimum absolute atomic E-state index is 0.0485. The summed E-state index contributed by atoms with van der Waals surface area (Å²) in [6, 6.07) is 2.82. The van der Waals surface area contributed by atoms with Gasteiger partial charge in [0.1, 0.15) is 11.6 Å². The van der Waals surface area contributed by atoms with Crippen LogP contribution in [0.1, 0.15) is 11.1 Å². The van der Waals surface area contributed by atoms with E-state index < -0.39 is 52.4 Å². The summed E-state index contributed by atoms with van der Waals surface area (Å²) < 4.78 is 89.1. The Morgan fingerprint density at radius 3 is 2.47 bits per heavy atom. The number of pyridine rings is 1. The molecule has 0 aliphatic carbocycles. The zero-order chi connectivity index (χ0) is 21.9. The molecule has 1 aromatic carbocycles. The van der Waals surface area contributed by atoms with E-state index >= 15 is 0 Å². The minimum Gasteiger partial charge on any atom is -0.475 e. The molecule has 3 rings (SSSR count). The van der Waals surface area contributed by atoms with E-state index in [0.717, 1.165) is 24.5 Å². The van der Waals surface area contributed by atoms with E-state index in [4.69, 9.17) is 9.47 Å². The lowest BCUT2D eigenvalue weighted by molar-refractivity contribution is -0.140. The monoisotopic (exact) mass is 431 g/mol. The number of aromatic amines is 1. The Kier molecular flexibility index (Phi) is 5.94. The van der Waals surface area contributed by atoms with Crippen LogP contribution < -0.4 is 15.2 Å². The lowest BCUT2D eigenvalue weighted by Crippen LogP contribution is -2.14. The van der Waals surface area contributed by atoms with Gasteiger partial charge in [0.05, 0.1) is 12.2 Å². The molecular weight excluding hydrogens is 420 g/mol. The molecule has 6 nitrogen and oxygen atoms in total. The molecule has 2 heterocycles. The Balaban J connectivity index is 1.67. The number of rotatable bonds is 6. The maximum absolute atomic E-state index is 14.2. The molecule has 0 radical (unpaired) electrons. The summed E-state index contributed by atoms with van der Waals surface area (Å²) in [4.78, 5) is 20.0. The van der Waals surface area contributed by atoms with E-state index in [9.17, 15) is 31.1 Å². The van der Waals surface area contributed by atoms with Crippen molar-refractivity contribution in [2.24, 2.45) is 0 Å². The number of hydrogen-bond donors (Lipinski definition) is 1.